The van der Waals surface area contributed by atoms with Crippen LogP contribution in [0.1, 0.15) is 94.3 Å². The van der Waals surface area contributed by atoms with E-state index < -0.39 is 23.4 Å². The third-order valence-corrected chi connectivity index (χ3v) is 6.99. The van der Waals surface area contributed by atoms with Crippen LogP contribution in [-0.2, 0) is 4.74 Å². The Morgan fingerprint density at radius 3 is 2.00 bits per heavy atom. The molecule has 0 bridgehead atoms. The molecule has 3 rings (SSSR count). The lowest BCUT2D eigenvalue weighted by Gasteiger charge is -2.37. The summed E-state index contributed by atoms with van der Waals surface area (Å²) in [6.45, 7) is 2.25. The summed E-state index contributed by atoms with van der Waals surface area (Å²) in [4.78, 5) is 12.2. The number of carbonyl (C=O) groups is 1. The fraction of sp³-hybridized carbons (Fsp3) is 0.708. The van der Waals surface area contributed by atoms with Crippen molar-refractivity contribution in [2.24, 2.45) is 17.8 Å². The van der Waals surface area contributed by atoms with Gasteiger partial charge in [-0.05, 0) is 68.4 Å². The van der Waals surface area contributed by atoms with Gasteiger partial charge in [-0.3, -0.25) is 0 Å². The Hall–Kier alpha value is -1.52. The molecule has 29 heavy (non-hydrogen) atoms. The molecule has 0 saturated heterocycles. The van der Waals surface area contributed by atoms with E-state index in [4.69, 9.17) is 4.74 Å². The quantitative estimate of drug-likeness (QED) is 0.270. The van der Waals surface area contributed by atoms with Crippen molar-refractivity contribution in [3.05, 3.63) is 35.1 Å². The Morgan fingerprint density at radius 1 is 0.897 bits per heavy atom. The summed E-state index contributed by atoms with van der Waals surface area (Å²) >= 11 is 0. The van der Waals surface area contributed by atoms with Crippen molar-refractivity contribution < 1.29 is 22.7 Å². The maximum atomic E-state index is 13.3. The van der Waals surface area contributed by atoms with Crippen LogP contribution in [0.15, 0.2) is 12.1 Å². The number of halogens is 3. The van der Waals surface area contributed by atoms with E-state index in [0.29, 0.717) is 18.1 Å². The van der Waals surface area contributed by atoms with Crippen molar-refractivity contribution >= 4 is 5.97 Å². The van der Waals surface area contributed by atoms with Crippen LogP contribution in [0.4, 0.5) is 13.2 Å². The van der Waals surface area contributed by atoms with Gasteiger partial charge in [0.15, 0.2) is 17.5 Å². The van der Waals surface area contributed by atoms with Gasteiger partial charge >= 0.3 is 5.97 Å². The van der Waals surface area contributed by atoms with Crippen molar-refractivity contribution in [3.8, 4) is 0 Å². The molecule has 2 fully saturated rings. The van der Waals surface area contributed by atoms with Crippen LogP contribution in [0, 0.1) is 35.2 Å². The third-order valence-electron chi connectivity index (χ3n) is 6.99. The molecular formula is C24H33F3O2. The Bertz CT molecular complexity index is 652. The second kappa shape index (κ2) is 10.5. The van der Waals surface area contributed by atoms with Gasteiger partial charge in [0.25, 0.3) is 0 Å². The van der Waals surface area contributed by atoms with Crippen molar-refractivity contribution in [2.75, 3.05) is 0 Å². The maximum Gasteiger partial charge on any atom is 0.338 e. The van der Waals surface area contributed by atoms with Crippen molar-refractivity contribution in [1.82, 2.24) is 0 Å². The molecule has 1 aromatic rings. The predicted octanol–water partition coefficient (Wildman–Crippen LogP) is 7.21. The van der Waals surface area contributed by atoms with Crippen molar-refractivity contribution in [3.63, 3.8) is 0 Å². The summed E-state index contributed by atoms with van der Waals surface area (Å²) in [6, 6.07) is 1.40. The second-order valence-electron chi connectivity index (χ2n) is 8.97. The molecule has 0 radical (unpaired) electrons. The van der Waals surface area contributed by atoms with Gasteiger partial charge < -0.3 is 4.74 Å². The fourth-order valence-corrected chi connectivity index (χ4v) is 5.20. The fourth-order valence-electron chi connectivity index (χ4n) is 5.20. The molecule has 162 valence electrons. The molecule has 2 aliphatic rings. The van der Waals surface area contributed by atoms with Gasteiger partial charge in [0.05, 0.1) is 5.56 Å². The van der Waals surface area contributed by atoms with Gasteiger partial charge in [-0.1, -0.05) is 45.4 Å². The Labute approximate surface area is 172 Å². The van der Waals surface area contributed by atoms with Gasteiger partial charge in [0.1, 0.15) is 6.10 Å². The number of unbranched alkanes of at least 4 members (excludes halogenated alkanes) is 2. The molecular weight excluding hydrogens is 377 g/mol. The molecule has 0 unspecified atom stereocenters. The minimum atomic E-state index is -1.57. The molecule has 0 aliphatic heterocycles. The van der Waals surface area contributed by atoms with Crippen LogP contribution in [0.25, 0.3) is 0 Å². The highest BCUT2D eigenvalue weighted by atomic mass is 19.2. The number of ether oxygens (including phenoxy) is 1. The molecule has 0 aromatic heterocycles. The number of carbonyl (C=O) groups excluding carboxylic acids is 1. The Balaban J connectivity index is 1.41. The molecule has 1 aromatic carbocycles. The topological polar surface area (TPSA) is 26.3 Å². The van der Waals surface area contributed by atoms with Crippen LogP contribution in [0.5, 0.6) is 0 Å². The molecule has 5 heteroatoms. The van der Waals surface area contributed by atoms with Crippen LogP contribution in [0.3, 0.4) is 0 Å². The molecule has 2 saturated carbocycles. The van der Waals surface area contributed by atoms with E-state index >= 15 is 0 Å². The molecule has 0 atom stereocenters. The number of rotatable bonds is 7. The standard InChI is InChI=1S/C24H33F3O2/c1-2-3-4-5-16-6-8-17(9-7-16)18-10-12-20(13-11-18)29-24(28)19-14-21(25)23(27)22(26)15-19/h14-18,20H,2-13H2,1H3. The smallest absolute Gasteiger partial charge is 0.338 e. The monoisotopic (exact) mass is 410 g/mol. The summed E-state index contributed by atoms with van der Waals surface area (Å²) < 4.78 is 45.1. The average Bonchev–Trinajstić information content (AvgIpc) is 2.73. The van der Waals surface area contributed by atoms with Gasteiger partial charge in [0.2, 0.25) is 0 Å². The Morgan fingerprint density at radius 2 is 1.45 bits per heavy atom. The predicted molar refractivity (Wildman–Crippen MR) is 107 cm³/mol. The number of hydrogen-bond donors (Lipinski definition) is 0. The first kappa shape index (κ1) is 22.2. The van der Waals surface area contributed by atoms with Crippen LogP contribution < -0.4 is 0 Å². The van der Waals surface area contributed by atoms with Crippen LogP contribution in [-0.4, -0.2) is 12.1 Å². The lowest BCUT2D eigenvalue weighted by molar-refractivity contribution is 0.0108. The first-order valence-corrected chi connectivity index (χ1v) is 11.3. The Kier molecular flexibility index (Phi) is 8.02. The lowest BCUT2D eigenvalue weighted by Crippen LogP contribution is -2.29. The highest BCUT2D eigenvalue weighted by molar-refractivity contribution is 5.89. The van der Waals surface area contributed by atoms with E-state index in [1.165, 1.54) is 51.4 Å². The minimum Gasteiger partial charge on any atom is -0.459 e. The molecule has 0 amide bonds. The maximum absolute atomic E-state index is 13.3. The third kappa shape index (κ3) is 5.99. The van der Waals surface area contributed by atoms with Crippen molar-refractivity contribution in [2.45, 2.75) is 90.1 Å². The van der Waals surface area contributed by atoms with E-state index in [0.717, 1.165) is 37.5 Å². The van der Waals surface area contributed by atoms with E-state index in [2.05, 4.69) is 6.92 Å². The van der Waals surface area contributed by atoms with Crippen LogP contribution in [0.2, 0.25) is 0 Å². The van der Waals surface area contributed by atoms with E-state index in [9.17, 15) is 18.0 Å². The van der Waals surface area contributed by atoms with Gasteiger partial charge in [-0.25, -0.2) is 18.0 Å². The zero-order chi connectivity index (χ0) is 20.8. The molecule has 0 spiro atoms. The summed E-state index contributed by atoms with van der Waals surface area (Å²) in [5.41, 5.74) is -0.273. The molecule has 0 N–H and O–H groups in total. The molecule has 0 heterocycles. The summed E-state index contributed by atoms with van der Waals surface area (Å²) in [5, 5.41) is 0. The highest BCUT2D eigenvalue weighted by Crippen LogP contribution is 2.41. The normalized spacial score (nSPS) is 27.6. The van der Waals surface area contributed by atoms with Gasteiger partial charge in [-0.15, -0.1) is 0 Å². The summed E-state index contributed by atoms with van der Waals surface area (Å²) in [7, 11) is 0. The number of esters is 1. The van der Waals surface area contributed by atoms with E-state index in [1.807, 2.05) is 0 Å². The first-order chi connectivity index (χ1) is 14.0. The zero-order valence-corrected chi connectivity index (χ0v) is 17.4. The zero-order valence-electron chi connectivity index (χ0n) is 17.4. The SMILES string of the molecule is CCCCCC1CCC(C2CCC(OC(=O)c3cc(F)c(F)c(F)c3)CC2)CC1. The van der Waals surface area contributed by atoms with Gasteiger partial charge in [0, 0.05) is 0 Å². The molecule has 2 aliphatic carbocycles. The minimum absolute atomic E-state index is 0.222. The summed E-state index contributed by atoms with van der Waals surface area (Å²) in [6.07, 6.45) is 14.2. The van der Waals surface area contributed by atoms with E-state index in [1.54, 1.807) is 0 Å². The largest absolute Gasteiger partial charge is 0.459 e. The second-order valence-corrected chi connectivity index (χ2v) is 8.97. The highest BCUT2D eigenvalue weighted by Gasteiger charge is 2.32. The average molecular weight is 411 g/mol. The summed E-state index contributed by atoms with van der Waals surface area (Å²) in [5.74, 6) is -2.69. The van der Waals surface area contributed by atoms with Gasteiger partial charge in [-0.2, -0.15) is 0 Å². The first-order valence-electron chi connectivity index (χ1n) is 11.3. The lowest BCUT2D eigenvalue weighted by atomic mass is 9.70. The number of hydrogen-bond acceptors (Lipinski definition) is 2. The number of benzene rings is 1. The van der Waals surface area contributed by atoms with Crippen molar-refractivity contribution in [1.29, 1.82) is 0 Å². The van der Waals surface area contributed by atoms with Crippen LogP contribution >= 0.6 is 0 Å². The molecule has 2 nitrogen and oxygen atoms in total. The van der Waals surface area contributed by atoms with E-state index in [-0.39, 0.29) is 11.7 Å².